The molecule has 3 aromatic carbocycles. The number of aryl methyl sites for hydroxylation is 2. The van der Waals surface area contributed by atoms with E-state index in [1.165, 1.54) is 12.3 Å². The third kappa shape index (κ3) is 5.99. The van der Waals surface area contributed by atoms with Gasteiger partial charge >= 0.3 is 11.8 Å². The summed E-state index contributed by atoms with van der Waals surface area (Å²) in [6, 6.07) is 18.9. The second kappa shape index (κ2) is 10.2. The van der Waals surface area contributed by atoms with Gasteiger partial charge in [0, 0.05) is 11.3 Å². The van der Waals surface area contributed by atoms with E-state index in [0.717, 1.165) is 11.1 Å². The highest BCUT2D eigenvalue weighted by atomic mass is 19.1. The molecule has 2 amide bonds. The predicted molar refractivity (Wildman–Crippen MR) is 117 cm³/mol. The quantitative estimate of drug-likeness (QED) is 0.359. The van der Waals surface area contributed by atoms with Crippen LogP contribution in [0.2, 0.25) is 0 Å². The number of amides is 2. The molecule has 0 aliphatic heterocycles. The molecule has 0 bridgehead atoms. The third-order valence-electron chi connectivity index (χ3n) is 4.54. The van der Waals surface area contributed by atoms with Gasteiger partial charge in [0.05, 0.1) is 6.21 Å². The van der Waals surface area contributed by atoms with Crippen LogP contribution < -0.4 is 15.5 Å². The van der Waals surface area contributed by atoms with Crippen molar-refractivity contribution < 1.29 is 18.7 Å². The number of halogens is 1. The minimum atomic E-state index is -0.872. The zero-order valence-corrected chi connectivity index (χ0v) is 17.2. The standard InChI is InChI=1S/C24H22FN3O3/c1-16-6-5-7-17(2)22(16)27-23(29)24(30)28-26-14-18-10-12-20(13-11-18)31-15-19-8-3-4-9-21(19)25/h3-14H,15H2,1-2H3,(H,27,29)(H,28,30)/b26-14-. The first-order chi connectivity index (χ1) is 14.9. The van der Waals surface area contributed by atoms with Gasteiger partial charge in [-0.1, -0.05) is 36.4 Å². The minimum absolute atomic E-state index is 0.117. The largest absolute Gasteiger partial charge is 0.489 e. The second-order valence-corrected chi connectivity index (χ2v) is 6.87. The first-order valence-corrected chi connectivity index (χ1v) is 9.61. The van der Waals surface area contributed by atoms with Crippen LogP contribution in [-0.2, 0) is 16.2 Å². The van der Waals surface area contributed by atoms with Crippen molar-refractivity contribution in [2.45, 2.75) is 20.5 Å². The highest BCUT2D eigenvalue weighted by Gasteiger charge is 2.15. The SMILES string of the molecule is Cc1cccc(C)c1NC(=O)C(=O)N/N=C\c1ccc(OCc2ccccc2F)cc1. The summed E-state index contributed by atoms with van der Waals surface area (Å²) in [7, 11) is 0. The number of para-hydroxylation sites is 1. The lowest BCUT2D eigenvalue weighted by molar-refractivity contribution is -0.136. The number of carbonyl (C=O) groups excluding carboxylic acids is 2. The fraction of sp³-hybridized carbons (Fsp3) is 0.125. The Hall–Kier alpha value is -4.00. The highest BCUT2D eigenvalue weighted by Crippen LogP contribution is 2.19. The Morgan fingerprint density at radius 1 is 0.935 bits per heavy atom. The van der Waals surface area contributed by atoms with Crippen molar-refractivity contribution >= 4 is 23.7 Å². The molecule has 6 nitrogen and oxygen atoms in total. The molecule has 2 N–H and O–H groups in total. The van der Waals surface area contributed by atoms with Gasteiger partial charge in [0.1, 0.15) is 18.2 Å². The van der Waals surface area contributed by atoms with E-state index < -0.39 is 11.8 Å². The molecular weight excluding hydrogens is 397 g/mol. The lowest BCUT2D eigenvalue weighted by atomic mass is 10.1. The van der Waals surface area contributed by atoms with Crippen LogP contribution in [0, 0.1) is 19.7 Å². The molecule has 0 saturated heterocycles. The normalized spacial score (nSPS) is 10.7. The van der Waals surface area contributed by atoms with Crippen LogP contribution in [0.5, 0.6) is 5.75 Å². The van der Waals surface area contributed by atoms with E-state index in [1.807, 2.05) is 32.0 Å². The summed E-state index contributed by atoms with van der Waals surface area (Å²) < 4.78 is 19.2. The van der Waals surface area contributed by atoms with Gasteiger partial charge in [0.15, 0.2) is 0 Å². The summed E-state index contributed by atoms with van der Waals surface area (Å²) in [4.78, 5) is 24.1. The van der Waals surface area contributed by atoms with Crippen molar-refractivity contribution in [3.05, 3.63) is 94.8 Å². The molecule has 0 aliphatic rings. The molecule has 0 heterocycles. The van der Waals surface area contributed by atoms with Gasteiger partial charge in [0.2, 0.25) is 0 Å². The molecule has 0 radical (unpaired) electrons. The average molecular weight is 419 g/mol. The van der Waals surface area contributed by atoms with Gasteiger partial charge < -0.3 is 10.1 Å². The van der Waals surface area contributed by atoms with Crippen LogP contribution in [-0.4, -0.2) is 18.0 Å². The summed E-state index contributed by atoms with van der Waals surface area (Å²) >= 11 is 0. The smallest absolute Gasteiger partial charge is 0.329 e. The Bertz CT molecular complexity index is 1090. The van der Waals surface area contributed by atoms with Crippen LogP contribution in [0.1, 0.15) is 22.3 Å². The minimum Gasteiger partial charge on any atom is -0.489 e. The van der Waals surface area contributed by atoms with Gasteiger partial charge in [-0.15, -0.1) is 0 Å². The molecule has 0 aliphatic carbocycles. The maximum Gasteiger partial charge on any atom is 0.329 e. The number of hydrazone groups is 1. The first kappa shape index (κ1) is 21.7. The molecule has 158 valence electrons. The van der Waals surface area contributed by atoms with Gasteiger partial charge in [-0.2, -0.15) is 5.10 Å². The molecule has 0 fully saturated rings. The first-order valence-electron chi connectivity index (χ1n) is 9.61. The van der Waals surface area contributed by atoms with Crippen LogP contribution in [0.3, 0.4) is 0 Å². The van der Waals surface area contributed by atoms with Crippen LogP contribution in [0.4, 0.5) is 10.1 Å². The zero-order valence-electron chi connectivity index (χ0n) is 17.2. The van der Waals surface area contributed by atoms with Crippen molar-refractivity contribution in [1.29, 1.82) is 0 Å². The Morgan fingerprint density at radius 3 is 2.29 bits per heavy atom. The molecule has 31 heavy (non-hydrogen) atoms. The van der Waals surface area contributed by atoms with Crippen molar-refractivity contribution in [3.8, 4) is 5.75 Å². The molecule has 0 aromatic heterocycles. The number of hydrogen-bond donors (Lipinski definition) is 2. The van der Waals surface area contributed by atoms with E-state index in [4.69, 9.17) is 4.74 Å². The van der Waals surface area contributed by atoms with Crippen molar-refractivity contribution in [2.75, 3.05) is 5.32 Å². The fourth-order valence-electron chi connectivity index (χ4n) is 2.82. The Labute approximate surface area is 179 Å². The number of nitrogens with zero attached hydrogens (tertiary/aromatic N) is 1. The summed E-state index contributed by atoms with van der Waals surface area (Å²) in [6.45, 7) is 3.82. The fourth-order valence-corrected chi connectivity index (χ4v) is 2.82. The third-order valence-corrected chi connectivity index (χ3v) is 4.54. The monoisotopic (exact) mass is 419 g/mol. The molecule has 3 rings (SSSR count). The zero-order chi connectivity index (χ0) is 22.2. The molecule has 3 aromatic rings. The molecular formula is C24H22FN3O3. The van der Waals surface area contributed by atoms with Crippen LogP contribution >= 0.6 is 0 Å². The van der Waals surface area contributed by atoms with Gasteiger partial charge in [-0.25, -0.2) is 9.82 Å². The van der Waals surface area contributed by atoms with Gasteiger partial charge in [-0.05, 0) is 60.9 Å². The highest BCUT2D eigenvalue weighted by molar-refractivity contribution is 6.39. The molecule has 0 atom stereocenters. The lowest BCUT2D eigenvalue weighted by Gasteiger charge is -2.10. The van der Waals surface area contributed by atoms with Gasteiger partial charge in [-0.3, -0.25) is 9.59 Å². The van der Waals surface area contributed by atoms with Gasteiger partial charge in [0.25, 0.3) is 0 Å². The van der Waals surface area contributed by atoms with Crippen molar-refractivity contribution in [3.63, 3.8) is 0 Å². The summed E-state index contributed by atoms with van der Waals surface area (Å²) in [5, 5.41) is 6.41. The van der Waals surface area contributed by atoms with Crippen molar-refractivity contribution in [1.82, 2.24) is 5.43 Å². The van der Waals surface area contributed by atoms with Crippen molar-refractivity contribution in [2.24, 2.45) is 5.10 Å². The number of rotatable bonds is 6. The number of hydrogen-bond acceptors (Lipinski definition) is 4. The van der Waals surface area contributed by atoms with E-state index >= 15 is 0 Å². The maximum atomic E-state index is 13.6. The summed E-state index contributed by atoms with van der Waals surface area (Å²) in [6.07, 6.45) is 1.41. The molecule has 0 saturated carbocycles. The number of ether oxygens (including phenoxy) is 1. The van der Waals surface area contributed by atoms with E-state index in [1.54, 1.807) is 42.5 Å². The van der Waals surface area contributed by atoms with E-state index in [2.05, 4.69) is 15.8 Å². The molecule has 0 unspecified atom stereocenters. The molecule has 0 spiro atoms. The summed E-state index contributed by atoms with van der Waals surface area (Å²) in [5.41, 5.74) is 5.69. The Balaban J connectivity index is 1.50. The van der Waals surface area contributed by atoms with E-state index in [-0.39, 0.29) is 12.4 Å². The number of carbonyl (C=O) groups is 2. The van der Waals surface area contributed by atoms with E-state index in [0.29, 0.717) is 22.6 Å². The second-order valence-electron chi connectivity index (χ2n) is 6.87. The average Bonchev–Trinajstić information content (AvgIpc) is 2.76. The Morgan fingerprint density at radius 2 is 1.61 bits per heavy atom. The lowest BCUT2D eigenvalue weighted by Crippen LogP contribution is -2.32. The van der Waals surface area contributed by atoms with E-state index in [9.17, 15) is 14.0 Å². The van der Waals surface area contributed by atoms with Crippen LogP contribution in [0.25, 0.3) is 0 Å². The maximum absolute atomic E-state index is 13.6. The van der Waals surface area contributed by atoms with Crippen LogP contribution in [0.15, 0.2) is 71.8 Å². The molecule has 7 heteroatoms. The number of benzene rings is 3. The predicted octanol–water partition coefficient (Wildman–Crippen LogP) is 4.11. The Kier molecular flexibility index (Phi) is 7.11. The number of anilines is 1. The summed E-state index contributed by atoms with van der Waals surface area (Å²) in [5.74, 6) is -1.42. The number of nitrogens with one attached hydrogen (secondary N) is 2. The topological polar surface area (TPSA) is 79.8 Å².